The summed E-state index contributed by atoms with van der Waals surface area (Å²) in [6, 6.07) is 9.59. The number of aryl methyl sites for hydroxylation is 1. The van der Waals surface area contributed by atoms with E-state index in [2.05, 4.69) is 25.5 Å². The second-order valence-electron chi connectivity index (χ2n) is 5.60. The van der Waals surface area contributed by atoms with Gasteiger partial charge in [0.2, 0.25) is 5.95 Å². The number of nitrogens with one attached hydrogen (secondary N) is 2. The summed E-state index contributed by atoms with van der Waals surface area (Å²) in [5.74, 6) is 0.265. The lowest BCUT2D eigenvalue weighted by Crippen LogP contribution is -2.25. The molecule has 0 saturated heterocycles. The largest absolute Gasteiger partial charge is 0.353 e. The molecule has 0 fully saturated rings. The Hall–Kier alpha value is -2.47. The third-order valence-electron chi connectivity index (χ3n) is 3.43. The Kier molecular flexibility index (Phi) is 6.05. The van der Waals surface area contributed by atoms with Crippen molar-refractivity contribution in [3.63, 3.8) is 0 Å². The molecule has 2 N–H and O–H groups in total. The van der Waals surface area contributed by atoms with Crippen LogP contribution in [0.2, 0.25) is 0 Å². The van der Waals surface area contributed by atoms with Gasteiger partial charge in [-0.1, -0.05) is 24.3 Å². The van der Waals surface area contributed by atoms with Gasteiger partial charge in [-0.05, 0) is 38.2 Å². The van der Waals surface area contributed by atoms with Crippen LogP contribution in [0.25, 0.3) is 0 Å². The third-order valence-corrected chi connectivity index (χ3v) is 3.43. The van der Waals surface area contributed by atoms with Gasteiger partial charge in [0.1, 0.15) is 5.69 Å². The summed E-state index contributed by atoms with van der Waals surface area (Å²) in [4.78, 5) is 22.7. The van der Waals surface area contributed by atoms with Crippen LogP contribution in [0.4, 0.5) is 5.95 Å². The molecule has 1 aromatic heterocycles. The van der Waals surface area contributed by atoms with E-state index in [9.17, 15) is 4.79 Å². The van der Waals surface area contributed by atoms with Crippen LogP contribution in [-0.4, -0.2) is 48.0 Å². The van der Waals surface area contributed by atoms with Crippen molar-refractivity contribution >= 4 is 11.9 Å². The van der Waals surface area contributed by atoms with Gasteiger partial charge in [0, 0.05) is 25.8 Å². The minimum absolute atomic E-state index is 0.202. The van der Waals surface area contributed by atoms with Gasteiger partial charge in [-0.25, -0.2) is 9.97 Å². The topological polar surface area (TPSA) is 70.2 Å². The lowest BCUT2D eigenvalue weighted by atomic mass is 10.1. The number of hydrogen-bond donors (Lipinski definition) is 2. The number of hydrogen-bond acceptors (Lipinski definition) is 5. The van der Waals surface area contributed by atoms with E-state index >= 15 is 0 Å². The molecule has 0 atom stereocenters. The normalized spacial score (nSPS) is 10.6. The highest BCUT2D eigenvalue weighted by molar-refractivity contribution is 5.92. The number of likely N-dealkylation sites (N-methyl/N-ethyl adjacent to an activating group) is 1. The Labute approximate surface area is 137 Å². The molecule has 2 rings (SSSR count). The molecule has 0 unspecified atom stereocenters. The van der Waals surface area contributed by atoms with Crippen molar-refractivity contribution in [1.29, 1.82) is 0 Å². The molecule has 0 aliphatic rings. The molecule has 0 bridgehead atoms. The summed E-state index contributed by atoms with van der Waals surface area (Å²) >= 11 is 0. The first-order valence-corrected chi connectivity index (χ1v) is 7.60. The number of rotatable bonds is 7. The van der Waals surface area contributed by atoms with Crippen molar-refractivity contribution < 1.29 is 4.79 Å². The highest BCUT2D eigenvalue weighted by atomic mass is 16.1. The third kappa shape index (κ3) is 5.34. The molecule has 6 nitrogen and oxygen atoms in total. The van der Waals surface area contributed by atoms with Gasteiger partial charge < -0.3 is 15.5 Å². The molecule has 0 aliphatic heterocycles. The number of amides is 1. The van der Waals surface area contributed by atoms with E-state index in [1.165, 1.54) is 0 Å². The monoisotopic (exact) mass is 313 g/mol. The van der Waals surface area contributed by atoms with Crippen LogP contribution in [0, 0.1) is 6.92 Å². The molecule has 0 radical (unpaired) electrons. The van der Waals surface area contributed by atoms with E-state index in [-0.39, 0.29) is 5.91 Å². The molecule has 1 amide bonds. The molecule has 1 heterocycles. The predicted molar refractivity (Wildman–Crippen MR) is 91.4 cm³/mol. The second-order valence-corrected chi connectivity index (χ2v) is 5.60. The molecular weight excluding hydrogens is 290 g/mol. The Balaban J connectivity index is 1.93. The van der Waals surface area contributed by atoms with Gasteiger partial charge in [0.25, 0.3) is 5.91 Å². The van der Waals surface area contributed by atoms with Crippen molar-refractivity contribution in [1.82, 2.24) is 20.2 Å². The van der Waals surface area contributed by atoms with Crippen molar-refractivity contribution in [3.8, 4) is 0 Å². The van der Waals surface area contributed by atoms with E-state index < -0.39 is 0 Å². The Bertz CT molecular complexity index is 657. The number of anilines is 1. The number of aromatic nitrogens is 2. The van der Waals surface area contributed by atoms with Gasteiger partial charge in [0.15, 0.2) is 0 Å². The predicted octanol–water partition coefficient (Wildman–Crippen LogP) is 1.69. The van der Waals surface area contributed by atoms with Crippen molar-refractivity contribution in [2.75, 3.05) is 32.5 Å². The molecular formula is C17H23N5O. The minimum Gasteiger partial charge on any atom is -0.353 e. The smallest absolute Gasteiger partial charge is 0.270 e. The summed E-state index contributed by atoms with van der Waals surface area (Å²) in [6.45, 7) is 4.10. The number of benzene rings is 1. The molecule has 2 aromatic rings. The van der Waals surface area contributed by atoms with Gasteiger partial charge >= 0.3 is 0 Å². The van der Waals surface area contributed by atoms with E-state index in [0.29, 0.717) is 18.2 Å². The summed E-state index contributed by atoms with van der Waals surface area (Å²) < 4.78 is 0. The molecule has 6 heteroatoms. The van der Waals surface area contributed by atoms with E-state index in [1.54, 1.807) is 12.3 Å². The summed E-state index contributed by atoms with van der Waals surface area (Å²) in [5.41, 5.74) is 2.61. The fraction of sp³-hybridized carbons (Fsp3) is 0.353. The number of nitrogens with zero attached hydrogens (tertiary/aromatic N) is 3. The van der Waals surface area contributed by atoms with E-state index in [4.69, 9.17) is 0 Å². The molecule has 23 heavy (non-hydrogen) atoms. The lowest BCUT2D eigenvalue weighted by molar-refractivity contribution is 0.0946. The number of carbonyl (C=O) groups excluding carboxylic acids is 1. The van der Waals surface area contributed by atoms with Crippen LogP contribution in [0.15, 0.2) is 36.5 Å². The van der Waals surface area contributed by atoms with Crippen molar-refractivity contribution in [2.24, 2.45) is 0 Å². The van der Waals surface area contributed by atoms with Gasteiger partial charge in [0.05, 0.1) is 0 Å². The average molecular weight is 313 g/mol. The van der Waals surface area contributed by atoms with Crippen LogP contribution in [-0.2, 0) is 6.54 Å². The average Bonchev–Trinajstić information content (AvgIpc) is 2.54. The first kappa shape index (κ1) is 16.9. The zero-order valence-corrected chi connectivity index (χ0v) is 13.8. The standard InChI is InChI=1S/C17H23N5O/c1-13-6-4-5-7-14(13)12-20-16(23)15-8-9-18-17(21-15)19-10-11-22(2)3/h4-9H,10-12H2,1-3H3,(H,20,23)(H,18,19,21). The van der Waals surface area contributed by atoms with Crippen LogP contribution < -0.4 is 10.6 Å². The van der Waals surface area contributed by atoms with E-state index in [0.717, 1.165) is 24.2 Å². The van der Waals surface area contributed by atoms with Crippen LogP contribution in [0.1, 0.15) is 21.6 Å². The number of carbonyl (C=O) groups is 1. The fourth-order valence-corrected chi connectivity index (χ4v) is 2.04. The first-order valence-electron chi connectivity index (χ1n) is 7.60. The quantitative estimate of drug-likeness (QED) is 0.814. The first-order chi connectivity index (χ1) is 11.1. The Morgan fingerprint density at radius 2 is 2.00 bits per heavy atom. The SMILES string of the molecule is Cc1ccccc1CNC(=O)c1ccnc(NCCN(C)C)n1. The van der Waals surface area contributed by atoms with Crippen molar-refractivity contribution in [3.05, 3.63) is 53.3 Å². The maximum absolute atomic E-state index is 12.2. The lowest BCUT2D eigenvalue weighted by Gasteiger charge is -2.11. The molecule has 0 aliphatic carbocycles. The van der Waals surface area contributed by atoms with Crippen LogP contribution in [0.3, 0.4) is 0 Å². The summed E-state index contributed by atoms with van der Waals surface area (Å²) in [7, 11) is 4.00. The van der Waals surface area contributed by atoms with Gasteiger partial charge in [-0.15, -0.1) is 0 Å². The summed E-state index contributed by atoms with van der Waals surface area (Å²) in [6.07, 6.45) is 1.59. The van der Waals surface area contributed by atoms with E-state index in [1.807, 2.05) is 45.3 Å². The Morgan fingerprint density at radius 3 is 2.74 bits per heavy atom. The maximum atomic E-state index is 12.2. The summed E-state index contributed by atoms with van der Waals surface area (Å²) in [5, 5.41) is 6.00. The molecule has 0 saturated carbocycles. The molecule has 122 valence electrons. The maximum Gasteiger partial charge on any atom is 0.270 e. The highest BCUT2D eigenvalue weighted by Gasteiger charge is 2.09. The fourth-order valence-electron chi connectivity index (χ4n) is 2.04. The minimum atomic E-state index is -0.202. The zero-order chi connectivity index (χ0) is 16.7. The highest BCUT2D eigenvalue weighted by Crippen LogP contribution is 2.07. The second kappa shape index (κ2) is 8.24. The zero-order valence-electron chi connectivity index (χ0n) is 13.8. The Morgan fingerprint density at radius 1 is 1.22 bits per heavy atom. The molecule has 0 spiro atoms. The molecule has 1 aromatic carbocycles. The van der Waals surface area contributed by atoms with Crippen LogP contribution >= 0.6 is 0 Å². The van der Waals surface area contributed by atoms with Gasteiger partial charge in [-0.3, -0.25) is 4.79 Å². The van der Waals surface area contributed by atoms with Gasteiger partial charge in [-0.2, -0.15) is 0 Å². The van der Waals surface area contributed by atoms with Crippen molar-refractivity contribution in [2.45, 2.75) is 13.5 Å². The van der Waals surface area contributed by atoms with Crippen LogP contribution in [0.5, 0.6) is 0 Å².